The van der Waals surface area contributed by atoms with Crippen LogP contribution in [0.2, 0.25) is 0 Å². The number of hydrogen-bond donors (Lipinski definition) is 1. The van der Waals surface area contributed by atoms with Gasteiger partial charge < -0.3 is 5.32 Å². The first-order chi connectivity index (χ1) is 7.79. The molecule has 0 fully saturated rings. The van der Waals surface area contributed by atoms with Crippen molar-refractivity contribution >= 4 is 0 Å². The largest absolute Gasteiger partial charge is 0.312 e. The first kappa shape index (κ1) is 14.2. The van der Waals surface area contributed by atoms with Crippen LogP contribution in [0, 0.1) is 19.8 Å². The Balaban J connectivity index is 2.56. The van der Waals surface area contributed by atoms with Gasteiger partial charge in [0.05, 0.1) is 0 Å². The van der Waals surface area contributed by atoms with Crippen LogP contribution in [-0.4, -0.2) is 12.1 Å². The number of benzene rings is 1. The molecule has 1 atom stereocenters. The van der Waals surface area contributed by atoms with E-state index in [0.717, 1.165) is 13.0 Å². The highest BCUT2D eigenvalue weighted by Crippen LogP contribution is 2.16. The molecule has 17 heavy (non-hydrogen) atoms. The van der Waals surface area contributed by atoms with Gasteiger partial charge in [-0.15, -0.1) is 0 Å². The average molecular weight is 233 g/mol. The van der Waals surface area contributed by atoms with E-state index in [1.807, 2.05) is 0 Å². The third kappa shape index (κ3) is 4.91. The zero-order chi connectivity index (χ0) is 13.1. The van der Waals surface area contributed by atoms with Gasteiger partial charge in [-0.25, -0.2) is 0 Å². The standard InChI is InChI=1S/C16H27N/c1-12(11-17-16(4,5)6)10-15-9-7-8-13(2)14(15)3/h7-9,12,17H,10-11H2,1-6H3. The van der Waals surface area contributed by atoms with Crippen molar-refractivity contribution in [2.45, 2.75) is 53.5 Å². The van der Waals surface area contributed by atoms with Crippen LogP contribution < -0.4 is 5.32 Å². The maximum Gasteiger partial charge on any atom is 0.00966 e. The first-order valence-electron chi connectivity index (χ1n) is 6.59. The van der Waals surface area contributed by atoms with E-state index in [1.165, 1.54) is 16.7 Å². The van der Waals surface area contributed by atoms with Crippen LogP contribution in [-0.2, 0) is 6.42 Å². The minimum absolute atomic E-state index is 0.218. The van der Waals surface area contributed by atoms with Crippen LogP contribution in [0.15, 0.2) is 18.2 Å². The summed E-state index contributed by atoms with van der Waals surface area (Å²) in [7, 11) is 0. The van der Waals surface area contributed by atoms with E-state index in [4.69, 9.17) is 0 Å². The molecule has 1 heteroatoms. The zero-order valence-electron chi connectivity index (χ0n) is 12.2. The van der Waals surface area contributed by atoms with E-state index in [0.29, 0.717) is 5.92 Å². The summed E-state index contributed by atoms with van der Waals surface area (Å²) in [5.74, 6) is 0.676. The highest BCUT2D eigenvalue weighted by molar-refractivity contribution is 5.33. The number of rotatable bonds is 4. The second kappa shape index (κ2) is 5.68. The third-order valence-electron chi connectivity index (χ3n) is 3.27. The highest BCUT2D eigenvalue weighted by Gasteiger charge is 2.12. The Morgan fingerprint density at radius 2 is 1.82 bits per heavy atom. The fourth-order valence-electron chi connectivity index (χ4n) is 1.96. The SMILES string of the molecule is Cc1cccc(CC(C)CNC(C)(C)C)c1C. The average Bonchev–Trinajstić information content (AvgIpc) is 2.21. The van der Waals surface area contributed by atoms with E-state index in [2.05, 4.69) is 65.1 Å². The van der Waals surface area contributed by atoms with Crippen molar-refractivity contribution in [1.82, 2.24) is 5.32 Å². The summed E-state index contributed by atoms with van der Waals surface area (Å²) < 4.78 is 0. The Kier molecular flexibility index (Phi) is 4.76. The van der Waals surface area contributed by atoms with Gasteiger partial charge in [-0.3, -0.25) is 0 Å². The summed E-state index contributed by atoms with van der Waals surface area (Å²) in [6, 6.07) is 6.62. The van der Waals surface area contributed by atoms with Gasteiger partial charge in [0.15, 0.2) is 0 Å². The monoisotopic (exact) mass is 233 g/mol. The minimum Gasteiger partial charge on any atom is -0.312 e. The number of nitrogens with one attached hydrogen (secondary N) is 1. The molecule has 0 saturated carbocycles. The lowest BCUT2D eigenvalue weighted by molar-refractivity contribution is 0.381. The molecule has 1 rings (SSSR count). The molecular formula is C16H27N. The molecule has 0 saturated heterocycles. The van der Waals surface area contributed by atoms with Gasteiger partial charge in [0.1, 0.15) is 0 Å². The second-order valence-electron chi connectivity index (χ2n) is 6.30. The molecule has 0 bridgehead atoms. The lowest BCUT2D eigenvalue weighted by Gasteiger charge is -2.24. The third-order valence-corrected chi connectivity index (χ3v) is 3.27. The van der Waals surface area contributed by atoms with Crippen LogP contribution in [0.1, 0.15) is 44.4 Å². The van der Waals surface area contributed by atoms with Crippen molar-refractivity contribution in [2.75, 3.05) is 6.54 Å². The summed E-state index contributed by atoms with van der Waals surface area (Å²) in [5.41, 5.74) is 4.57. The fourth-order valence-corrected chi connectivity index (χ4v) is 1.96. The molecule has 96 valence electrons. The van der Waals surface area contributed by atoms with Crippen LogP contribution >= 0.6 is 0 Å². The van der Waals surface area contributed by atoms with Crippen molar-refractivity contribution in [1.29, 1.82) is 0 Å². The molecule has 0 aliphatic heterocycles. The molecule has 1 aromatic rings. The predicted molar refractivity (Wildman–Crippen MR) is 76.5 cm³/mol. The highest BCUT2D eigenvalue weighted by atomic mass is 14.9. The van der Waals surface area contributed by atoms with Crippen LogP contribution in [0.25, 0.3) is 0 Å². The lowest BCUT2D eigenvalue weighted by Crippen LogP contribution is -2.39. The Morgan fingerprint density at radius 1 is 1.18 bits per heavy atom. The summed E-state index contributed by atoms with van der Waals surface area (Å²) in [6.07, 6.45) is 1.16. The van der Waals surface area contributed by atoms with E-state index in [-0.39, 0.29) is 5.54 Å². The van der Waals surface area contributed by atoms with Gasteiger partial charge >= 0.3 is 0 Å². The molecule has 0 amide bonds. The van der Waals surface area contributed by atoms with Crippen molar-refractivity contribution in [3.05, 3.63) is 34.9 Å². The fraction of sp³-hybridized carbons (Fsp3) is 0.625. The molecule has 1 aromatic carbocycles. The van der Waals surface area contributed by atoms with Gasteiger partial charge in [-0.05, 0) is 70.2 Å². The maximum absolute atomic E-state index is 3.58. The van der Waals surface area contributed by atoms with Gasteiger partial charge in [-0.1, -0.05) is 25.1 Å². The van der Waals surface area contributed by atoms with Crippen molar-refractivity contribution < 1.29 is 0 Å². The Hall–Kier alpha value is -0.820. The maximum atomic E-state index is 3.58. The summed E-state index contributed by atoms with van der Waals surface area (Å²) in [4.78, 5) is 0. The van der Waals surface area contributed by atoms with Crippen molar-refractivity contribution in [3.8, 4) is 0 Å². The van der Waals surface area contributed by atoms with Crippen LogP contribution in [0.3, 0.4) is 0 Å². The molecule has 0 radical (unpaired) electrons. The number of hydrogen-bond acceptors (Lipinski definition) is 1. The molecule has 0 spiro atoms. The topological polar surface area (TPSA) is 12.0 Å². The molecule has 0 aliphatic rings. The molecule has 0 aliphatic carbocycles. The second-order valence-corrected chi connectivity index (χ2v) is 6.30. The summed E-state index contributed by atoms with van der Waals surface area (Å²) >= 11 is 0. The van der Waals surface area contributed by atoms with Crippen molar-refractivity contribution in [2.24, 2.45) is 5.92 Å². The van der Waals surface area contributed by atoms with Gasteiger partial charge in [0, 0.05) is 5.54 Å². The van der Waals surface area contributed by atoms with Crippen LogP contribution in [0.4, 0.5) is 0 Å². The Bertz CT molecular complexity index is 360. The minimum atomic E-state index is 0.218. The lowest BCUT2D eigenvalue weighted by atomic mass is 9.94. The van der Waals surface area contributed by atoms with E-state index in [9.17, 15) is 0 Å². The van der Waals surface area contributed by atoms with Gasteiger partial charge in [0.2, 0.25) is 0 Å². The van der Waals surface area contributed by atoms with Gasteiger partial charge in [-0.2, -0.15) is 0 Å². The molecule has 1 unspecified atom stereocenters. The van der Waals surface area contributed by atoms with Crippen LogP contribution in [0.5, 0.6) is 0 Å². The van der Waals surface area contributed by atoms with E-state index >= 15 is 0 Å². The van der Waals surface area contributed by atoms with Gasteiger partial charge in [0.25, 0.3) is 0 Å². The molecule has 0 heterocycles. The zero-order valence-corrected chi connectivity index (χ0v) is 12.2. The predicted octanol–water partition coefficient (Wildman–Crippen LogP) is 3.87. The summed E-state index contributed by atoms with van der Waals surface area (Å²) in [6.45, 7) is 14.5. The number of aryl methyl sites for hydroxylation is 1. The van der Waals surface area contributed by atoms with E-state index < -0.39 is 0 Å². The molecule has 1 N–H and O–H groups in total. The normalized spacial score (nSPS) is 13.8. The summed E-state index contributed by atoms with van der Waals surface area (Å²) in [5, 5.41) is 3.58. The smallest absolute Gasteiger partial charge is 0.00966 e. The Morgan fingerprint density at radius 3 is 2.41 bits per heavy atom. The molecule has 0 aromatic heterocycles. The van der Waals surface area contributed by atoms with Crippen molar-refractivity contribution in [3.63, 3.8) is 0 Å². The molecular weight excluding hydrogens is 206 g/mol. The van der Waals surface area contributed by atoms with E-state index in [1.54, 1.807) is 0 Å². The molecule has 1 nitrogen and oxygen atoms in total. The quantitative estimate of drug-likeness (QED) is 0.832. The first-order valence-corrected chi connectivity index (χ1v) is 6.59. The Labute approximate surface area is 107 Å².